The standard InChI is InChI=1S/C18H24N4O2/c1-18(2,3)14-12-15(21-24-14)20-17(23)13-8-5-7-11-22(13)16-9-4-6-10-19-16/h4,6,9-10,12-13H,5,7-8,11H2,1-3H3,(H,20,21,23). The average molecular weight is 328 g/mol. The summed E-state index contributed by atoms with van der Waals surface area (Å²) in [6.07, 6.45) is 4.67. The first-order chi connectivity index (χ1) is 11.4. The SMILES string of the molecule is CC(C)(C)c1cc(NC(=O)C2CCCCN2c2ccccn2)no1. The van der Waals surface area contributed by atoms with Gasteiger partial charge in [0.2, 0.25) is 5.91 Å². The van der Waals surface area contributed by atoms with Crippen molar-refractivity contribution in [2.24, 2.45) is 0 Å². The lowest BCUT2D eigenvalue weighted by atomic mass is 9.93. The summed E-state index contributed by atoms with van der Waals surface area (Å²) in [5.41, 5.74) is -0.138. The summed E-state index contributed by atoms with van der Waals surface area (Å²) in [6, 6.07) is 7.33. The van der Waals surface area contributed by atoms with Crippen molar-refractivity contribution in [3.05, 3.63) is 36.2 Å². The number of piperidine rings is 1. The highest BCUT2D eigenvalue weighted by Gasteiger charge is 2.30. The topological polar surface area (TPSA) is 71.3 Å². The number of nitrogens with one attached hydrogen (secondary N) is 1. The molecule has 1 N–H and O–H groups in total. The van der Waals surface area contributed by atoms with E-state index in [1.165, 1.54) is 0 Å². The van der Waals surface area contributed by atoms with Crippen molar-refractivity contribution in [3.63, 3.8) is 0 Å². The summed E-state index contributed by atoms with van der Waals surface area (Å²) in [6.45, 7) is 6.97. The Hall–Kier alpha value is -2.37. The summed E-state index contributed by atoms with van der Waals surface area (Å²) in [7, 11) is 0. The number of carbonyl (C=O) groups is 1. The van der Waals surface area contributed by atoms with Crippen molar-refractivity contribution in [1.29, 1.82) is 0 Å². The zero-order chi connectivity index (χ0) is 17.2. The predicted molar refractivity (Wildman–Crippen MR) is 93.1 cm³/mol. The molecule has 0 aromatic carbocycles. The molecule has 0 saturated carbocycles. The molecule has 128 valence electrons. The Balaban J connectivity index is 1.74. The maximum Gasteiger partial charge on any atom is 0.248 e. The predicted octanol–water partition coefficient (Wildman–Crippen LogP) is 3.36. The zero-order valence-electron chi connectivity index (χ0n) is 14.5. The highest BCUT2D eigenvalue weighted by molar-refractivity contribution is 5.96. The summed E-state index contributed by atoms with van der Waals surface area (Å²) < 4.78 is 5.34. The quantitative estimate of drug-likeness (QED) is 0.935. The molecule has 24 heavy (non-hydrogen) atoms. The Morgan fingerprint density at radius 1 is 1.33 bits per heavy atom. The molecule has 1 amide bonds. The number of amides is 1. The fourth-order valence-corrected chi connectivity index (χ4v) is 2.90. The molecule has 2 aromatic rings. The Labute approximate surface area is 142 Å². The van der Waals surface area contributed by atoms with Crippen LogP contribution in [0.25, 0.3) is 0 Å². The summed E-state index contributed by atoms with van der Waals surface area (Å²) in [5.74, 6) is 2.00. The van der Waals surface area contributed by atoms with Crippen LogP contribution in [-0.2, 0) is 10.2 Å². The molecular formula is C18H24N4O2. The van der Waals surface area contributed by atoms with E-state index in [1.54, 1.807) is 12.3 Å². The minimum atomic E-state index is -0.233. The molecular weight excluding hydrogens is 304 g/mol. The number of rotatable bonds is 3. The first-order valence-electron chi connectivity index (χ1n) is 8.41. The Morgan fingerprint density at radius 2 is 2.17 bits per heavy atom. The first-order valence-corrected chi connectivity index (χ1v) is 8.41. The third-order valence-corrected chi connectivity index (χ3v) is 4.25. The van der Waals surface area contributed by atoms with Gasteiger partial charge in [-0.05, 0) is 31.4 Å². The Morgan fingerprint density at radius 3 is 2.83 bits per heavy atom. The van der Waals surface area contributed by atoms with Crippen LogP contribution in [0.3, 0.4) is 0 Å². The number of aromatic nitrogens is 2. The number of carbonyl (C=O) groups excluding carboxylic acids is 1. The second kappa shape index (κ2) is 6.63. The van der Waals surface area contributed by atoms with Gasteiger partial charge in [-0.3, -0.25) is 4.79 Å². The van der Waals surface area contributed by atoms with Crippen LogP contribution in [-0.4, -0.2) is 28.6 Å². The second-order valence-electron chi connectivity index (χ2n) is 7.21. The van der Waals surface area contributed by atoms with Gasteiger partial charge in [-0.1, -0.05) is 32.0 Å². The van der Waals surface area contributed by atoms with Gasteiger partial charge in [0.1, 0.15) is 17.6 Å². The van der Waals surface area contributed by atoms with Crippen molar-refractivity contribution < 1.29 is 9.32 Å². The van der Waals surface area contributed by atoms with E-state index in [2.05, 4.69) is 20.4 Å². The van der Waals surface area contributed by atoms with Gasteiger partial charge in [0.05, 0.1) is 0 Å². The fourth-order valence-electron chi connectivity index (χ4n) is 2.90. The maximum absolute atomic E-state index is 12.7. The van der Waals surface area contributed by atoms with Gasteiger partial charge < -0.3 is 14.7 Å². The molecule has 0 spiro atoms. The van der Waals surface area contributed by atoms with Gasteiger partial charge >= 0.3 is 0 Å². The van der Waals surface area contributed by atoms with E-state index >= 15 is 0 Å². The third-order valence-electron chi connectivity index (χ3n) is 4.25. The van der Waals surface area contributed by atoms with Gasteiger partial charge in [0, 0.05) is 24.2 Å². The molecule has 3 rings (SSSR count). The number of anilines is 2. The lowest BCUT2D eigenvalue weighted by Crippen LogP contribution is -2.47. The second-order valence-corrected chi connectivity index (χ2v) is 7.21. The highest BCUT2D eigenvalue weighted by Crippen LogP contribution is 2.26. The van der Waals surface area contributed by atoms with Crippen LogP contribution in [0.15, 0.2) is 35.0 Å². The normalized spacial score (nSPS) is 18.5. The summed E-state index contributed by atoms with van der Waals surface area (Å²) in [4.78, 5) is 19.2. The minimum absolute atomic E-state index is 0.0610. The van der Waals surface area contributed by atoms with Gasteiger partial charge in [-0.2, -0.15) is 0 Å². The molecule has 1 atom stereocenters. The number of nitrogens with zero attached hydrogens (tertiary/aromatic N) is 3. The molecule has 0 bridgehead atoms. The van der Waals surface area contributed by atoms with Crippen LogP contribution in [0, 0.1) is 0 Å². The minimum Gasteiger partial charge on any atom is -0.359 e. The lowest BCUT2D eigenvalue weighted by Gasteiger charge is -2.35. The molecule has 0 radical (unpaired) electrons. The van der Waals surface area contributed by atoms with Gasteiger partial charge in [-0.15, -0.1) is 0 Å². The average Bonchev–Trinajstić information content (AvgIpc) is 3.04. The van der Waals surface area contributed by atoms with Crippen molar-refractivity contribution in [2.75, 3.05) is 16.8 Å². The van der Waals surface area contributed by atoms with Crippen molar-refractivity contribution in [3.8, 4) is 0 Å². The third kappa shape index (κ3) is 3.58. The van der Waals surface area contributed by atoms with Crippen LogP contribution in [0.1, 0.15) is 45.8 Å². The van der Waals surface area contributed by atoms with Gasteiger partial charge in [0.25, 0.3) is 0 Å². The van der Waals surface area contributed by atoms with E-state index in [0.717, 1.165) is 37.4 Å². The number of hydrogen-bond donors (Lipinski definition) is 1. The molecule has 0 aliphatic carbocycles. The van der Waals surface area contributed by atoms with E-state index in [-0.39, 0.29) is 17.4 Å². The molecule has 2 aromatic heterocycles. The Bertz CT molecular complexity index is 691. The van der Waals surface area contributed by atoms with E-state index in [1.807, 2.05) is 39.0 Å². The van der Waals surface area contributed by atoms with Crippen LogP contribution < -0.4 is 10.2 Å². The van der Waals surface area contributed by atoms with Crippen LogP contribution in [0.5, 0.6) is 0 Å². The summed E-state index contributed by atoms with van der Waals surface area (Å²) >= 11 is 0. The fraction of sp³-hybridized carbons (Fsp3) is 0.500. The highest BCUT2D eigenvalue weighted by atomic mass is 16.5. The molecule has 1 fully saturated rings. The summed E-state index contributed by atoms with van der Waals surface area (Å²) in [5, 5.41) is 6.86. The van der Waals surface area contributed by atoms with Crippen LogP contribution in [0.2, 0.25) is 0 Å². The van der Waals surface area contributed by atoms with Gasteiger partial charge in [-0.25, -0.2) is 4.98 Å². The molecule has 1 unspecified atom stereocenters. The monoisotopic (exact) mass is 328 g/mol. The molecule has 1 saturated heterocycles. The maximum atomic E-state index is 12.7. The van der Waals surface area contributed by atoms with Crippen molar-refractivity contribution in [2.45, 2.75) is 51.5 Å². The molecule has 3 heterocycles. The largest absolute Gasteiger partial charge is 0.359 e. The smallest absolute Gasteiger partial charge is 0.248 e. The zero-order valence-corrected chi connectivity index (χ0v) is 14.5. The molecule has 6 nitrogen and oxygen atoms in total. The molecule has 1 aliphatic rings. The van der Waals surface area contributed by atoms with E-state index < -0.39 is 0 Å². The van der Waals surface area contributed by atoms with E-state index in [4.69, 9.17) is 4.52 Å². The van der Waals surface area contributed by atoms with Crippen molar-refractivity contribution in [1.82, 2.24) is 10.1 Å². The number of hydrogen-bond acceptors (Lipinski definition) is 5. The van der Waals surface area contributed by atoms with E-state index in [0.29, 0.717) is 5.82 Å². The van der Waals surface area contributed by atoms with Crippen LogP contribution in [0.4, 0.5) is 11.6 Å². The first kappa shape index (κ1) is 16.5. The lowest BCUT2D eigenvalue weighted by molar-refractivity contribution is -0.117. The molecule has 6 heteroatoms. The van der Waals surface area contributed by atoms with Crippen molar-refractivity contribution >= 4 is 17.5 Å². The van der Waals surface area contributed by atoms with E-state index in [9.17, 15) is 4.79 Å². The molecule has 1 aliphatic heterocycles. The number of pyridine rings is 1. The van der Waals surface area contributed by atoms with Crippen LogP contribution >= 0.6 is 0 Å². The Kier molecular flexibility index (Phi) is 4.55. The van der Waals surface area contributed by atoms with Gasteiger partial charge in [0.15, 0.2) is 5.82 Å².